The Morgan fingerprint density at radius 3 is 1.50 bits per heavy atom. The van der Waals surface area contributed by atoms with Crippen molar-refractivity contribution in [1.82, 2.24) is 0 Å². The molecule has 0 bridgehead atoms. The van der Waals surface area contributed by atoms with E-state index in [0.717, 1.165) is 0 Å². The molecule has 1 nitrogen and oxygen atoms in total. The summed E-state index contributed by atoms with van der Waals surface area (Å²) in [6, 6.07) is 0. The van der Waals surface area contributed by atoms with Crippen molar-refractivity contribution in [3.63, 3.8) is 0 Å². The predicted molar refractivity (Wildman–Crippen MR) is 74.9 cm³/mol. The van der Waals surface area contributed by atoms with Gasteiger partial charge < -0.3 is 5.48 Å². The molecule has 0 aliphatic carbocycles. The van der Waals surface area contributed by atoms with Crippen LogP contribution < -0.4 is 0 Å². The van der Waals surface area contributed by atoms with Gasteiger partial charge in [-0.3, -0.25) is 0 Å². The minimum atomic E-state index is 0. The molecule has 0 aliphatic heterocycles. The van der Waals surface area contributed by atoms with Gasteiger partial charge in [0.1, 0.15) is 0 Å². The minimum absolute atomic E-state index is 0. The fourth-order valence-corrected chi connectivity index (χ4v) is 1.79. The zero-order valence-electron chi connectivity index (χ0n) is 11.4. The van der Waals surface area contributed by atoms with E-state index in [0.29, 0.717) is 0 Å². The van der Waals surface area contributed by atoms with Gasteiger partial charge in [0.05, 0.1) is 0 Å². The first-order valence-electron chi connectivity index (χ1n) is 7.06. The number of allylic oxidation sites excluding steroid dienone is 2. The van der Waals surface area contributed by atoms with Gasteiger partial charge in [0.25, 0.3) is 0 Å². The standard InChI is InChI=1S/C15H30.H2O/c1-3-5-7-9-11-13-15-14-12-10-8-6-4-2;/h11,13H,3-10,12,14-15H2,1-2H3;1H2/b13-11+;. The van der Waals surface area contributed by atoms with Gasteiger partial charge in [-0.05, 0) is 25.7 Å². The van der Waals surface area contributed by atoms with Gasteiger partial charge in [0.15, 0.2) is 0 Å². The monoisotopic (exact) mass is 228 g/mol. The van der Waals surface area contributed by atoms with Crippen LogP contribution in [0.4, 0.5) is 0 Å². The highest BCUT2D eigenvalue weighted by Crippen LogP contribution is 2.07. The van der Waals surface area contributed by atoms with Crippen LogP contribution in [0.25, 0.3) is 0 Å². The zero-order valence-corrected chi connectivity index (χ0v) is 11.4. The van der Waals surface area contributed by atoms with E-state index >= 15 is 0 Å². The topological polar surface area (TPSA) is 31.5 Å². The molecule has 0 rings (SSSR count). The zero-order chi connectivity index (χ0) is 11.2. The second-order valence-corrected chi connectivity index (χ2v) is 4.52. The third kappa shape index (κ3) is 16.1. The van der Waals surface area contributed by atoms with E-state index < -0.39 is 0 Å². The number of hydrogen-bond donors (Lipinski definition) is 0. The van der Waals surface area contributed by atoms with Gasteiger partial charge in [-0.25, -0.2) is 0 Å². The van der Waals surface area contributed by atoms with Crippen molar-refractivity contribution < 1.29 is 5.48 Å². The van der Waals surface area contributed by atoms with E-state index in [1.54, 1.807) is 0 Å². The highest BCUT2D eigenvalue weighted by Gasteiger charge is 1.88. The summed E-state index contributed by atoms with van der Waals surface area (Å²) in [7, 11) is 0. The number of unbranched alkanes of at least 4 members (excludes halogenated alkanes) is 9. The molecule has 0 amide bonds. The van der Waals surface area contributed by atoms with Crippen LogP contribution in [0.3, 0.4) is 0 Å². The van der Waals surface area contributed by atoms with Crippen LogP contribution in [0.2, 0.25) is 0 Å². The second kappa shape index (κ2) is 17.1. The lowest BCUT2D eigenvalue weighted by atomic mass is 10.1. The third-order valence-corrected chi connectivity index (χ3v) is 2.87. The number of rotatable bonds is 11. The summed E-state index contributed by atoms with van der Waals surface area (Å²) in [5.41, 5.74) is 0. The SMILES string of the molecule is CCCCC/C=C/CCCCCCCC.O. The Hall–Kier alpha value is -0.300. The molecule has 0 aromatic heterocycles. The predicted octanol–water partition coefficient (Wildman–Crippen LogP) is 5.05. The highest BCUT2D eigenvalue weighted by molar-refractivity contribution is 4.81. The lowest BCUT2D eigenvalue weighted by molar-refractivity contribution is 0.611. The van der Waals surface area contributed by atoms with Crippen molar-refractivity contribution in [2.24, 2.45) is 0 Å². The largest absolute Gasteiger partial charge is 0.412 e. The van der Waals surface area contributed by atoms with Crippen molar-refractivity contribution in [2.75, 3.05) is 0 Å². The number of hydrogen-bond acceptors (Lipinski definition) is 0. The van der Waals surface area contributed by atoms with Crippen LogP contribution in [0.5, 0.6) is 0 Å². The van der Waals surface area contributed by atoms with Gasteiger partial charge >= 0.3 is 0 Å². The van der Waals surface area contributed by atoms with Crippen molar-refractivity contribution in [3.05, 3.63) is 12.2 Å². The molecule has 0 aromatic carbocycles. The van der Waals surface area contributed by atoms with E-state index in [9.17, 15) is 0 Å². The summed E-state index contributed by atoms with van der Waals surface area (Å²) in [4.78, 5) is 0. The van der Waals surface area contributed by atoms with Crippen LogP contribution in [-0.2, 0) is 0 Å². The molecule has 0 aliphatic rings. The highest BCUT2D eigenvalue weighted by atomic mass is 16.0. The molecule has 0 fully saturated rings. The Kier molecular flexibility index (Phi) is 19.3. The molecule has 0 saturated heterocycles. The average Bonchev–Trinajstić information content (AvgIpc) is 2.26. The molecule has 1 heteroatoms. The molecule has 0 unspecified atom stereocenters. The van der Waals surface area contributed by atoms with E-state index in [2.05, 4.69) is 26.0 Å². The molecule has 0 radical (unpaired) electrons. The molecule has 0 saturated carbocycles. The van der Waals surface area contributed by atoms with Crippen molar-refractivity contribution in [3.8, 4) is 0 Å². The summed E-state index contributed by atoms with van der Waals surface area (Å²) in [5, 5.41) is 0. The fourth-order valence-electron chi connectivity index (χ4n) is 1.79. The summed E-state index contributed by atoms with van der Waals surface area (Å²) >= 11 is 0. The lowest BCUT2D eigenvalue weighted by Crippen LogP contribution is -1.77. The van der Waals surface area contributed by atoms with E-state index in [-0.39, 0.29) is 5.48 Å². The van der Waals surface area contributed by atoms with Crippen LogP contribution in [0.1, 0.15) is 84.5 Å². The Morgan fingerprint density at radius 1 is 0.562 bits per heavy atom. The molecule has 2 N–H and O–H groups in total. The molecule has 16 heavy (non-hydrogen) atoms. The molecular formula is C15H32O. The van der Waals surface area contributed by atoms with Gasteiger partial charge in [0, 0.05) is 0 Å². The first-order chi connectivity index (χ1) is 7.41. The Morgan fingerprint density at radius 2 is 0.938 bits per heavy atom. The quantitative estimate of drug-likeness (QED) is 0.350. The van der Waals surface area contributed by atoms with Crippen LogP contribution >= 0.6 is 0 Å². The Bertz CT molecular complexity index is 129. The van der Waals surface area contributed by atoms with Crippen molar-refractivity contribution >= 4 is 0 Å². The van der Waals surface area contributed by atoms with Crippen LogP contribution in [0.15, 0.2) is 12.2 Å². The van der Waals surface area contributed by atoms with Gasteiger partial charge in [-0.2, -0.15) is 0 Å². The molecule has 0 spiro atoms. The van der Waals surface area contributed by atoms with E-state index in [4.69, 9.17) is 0 Å². The van der Waals surface area contributed by atoms with Gasteiger partial charge in [0.2, 0.25) is 0 Å². The molecule has 0 atom stereocenters. The lowest BCUT2D eigenvalue weighted by Gasteiger charge is -1.97. The van der Waals surface area contributed by atoms with Gasteiger partial charge in [-0.15, -0.1) is 0 Å². The normalized spacial score (nSPS) is 10.6. The Labute approximate surface area is 103 Å². The van der Waals surface area contributed by atoms with Crippen LogP contribution in [0, 0.1) is 0 Å². The maximum atomic E-state index is 2.38. The average molecular weight is 228 g/mol. The maximum absolute atomic E-state index is 2.38. The van der Waals surface area contributed by atoms with Crippen molar-refractivity contribution in [1.29, 1.82) is 0 Å². The van der Waals surface area contributed by atoms with Crippen LogP contribution in [-0.4, -0.2) is 5.48 Å². The summed E-state index contributed by atoms with van der Waals surface area (Å²) in [6.07, 6.45) is 20.0. The second-order valence-electron chi connectivity index (χ2n) is 4.52. The molecule has 0 heterocycles. The third-order valence-electron chi connectivity index (χ3n) is 2.87. The summed E-state index contributed by atoms with van der Waals surface area (Å²) in [5.74, 6) is 0. The first-order valence-corrected chi connectivity index (χ1v) is 7.06. The molecule has 0 aromatic rings. The summed E-state index contributed by atoms with van der Waals surface area (Å²) in [6.45, 7) is 4.54. The minimum Gasteiger partial charge on any atom is -0.412 e. The Balaban J connectivity index is 0. The smallest absolute Gasteiger partial charge is 0.0351 e. The van der Waals surface area contributed by atoms with Gasteiger partial charge in [-0.1, -0.05) is 70.9 Å². The molecular weight excluding hydrogens is 196 g/mol. The fraction of sp³-hybridized carbons (Fsp3) is 0.867. The van der Waals surface area contributed by atoms with Crippen molar-refractivity contribution in [2.45, 2.75) is 84.5 Å². The first kappa shape index (κ1) is 18.1. The summed E-state index contributed by atoms with van der Waals surface area (Å²) < 4.78 is 0. The van der Waals surface area contributed by atoms with E-state index in [1.807, 2.05) is 0 Å². The maximum Gasteiger partial charge on any atom is -0.0351 e. The molecule has 98 valence electrons. The van der Waals surface area contributed by atoms with E-state index in [1.165, 1.54) is 70.6 Å².